The van der Waals surface area contributed by atoms with E-state index >= 15 is 0 Å². The highest BCUT2D eigenvalue weighted by molar-refractivity contribution is 5.98. The topological polar surface area (TPSA) is 94.3 Å². The lowest BCUT2D eigenvalue weighted by Crippen LogP contribution is -2.32. The number of primary amides is 1. The molecule has 2 aromatic rings. The predicted octanol–water partition coefficient (Wildman–Crippen LogP) is 4.95. The van der Waals surface area contributed by atoms with E-state index in [9.17, 15) is 9.90 Å². The lowest BCUT2D eigenvalue weighted by molar-refractivity contribution is 0.100. The summed E-state index contributed by atoms with van der Waals surface area (Å²) in [5, 5.41) is 11.6. The van der Waals surface area contributed by atoms with E-state index in [4.69, 9.17) is 11.5 Å². The Morgan fingerprint density at radius 1 is 1.15 bits per heavy atom. The average molecular weight is 460 g/mol. The number of amides is 1. The number of phenols is 1. The molecule has 1 heterocycles. The SMILES string of the molecule is C\C=C/C(=C\C=C(/C)CC)C(/C)=C/C=c1\c(=C\CC)c(C(N)=O)c(N)n1-c1cc(O)ccc1C. The number of aromatic hydroxyl groups is 1. The Hall–Kier alpha value is -3.73. The number of carbonyl (C=O) groups is 1. The van der Waals surface area contributed by atoms with Gasteiger partial charge in [0, 0.05) is 11.3 Å². The summed E-state index contributed by atoms with van der Waals surface area (Å²) in [5.74, 6) is -0.216. The minimum Gasteiger partial charge on any atom is -0.508 e. The number of aromatic nitrogens is 1. The molecule has 2 rings (SSSR count). The van der Waals surface area contributed by atoms with E-state index in [0.29, 0.717) is 17.3 Å². The van der Waals surface area contributed by atoms with Crippen LogP contribution < -0.4 is 22.0 Å². The largest absolute Gasteiger partial charge is 0.508 e. The van der Waals surface area contributed by atoms with E-state index in [2.05, 4.69) is 32.1 Å². The van der Waals surface area contributed by atoms with E-state index in [0.717, 1.165) is 28.5 Å². The Bertz CT molecular complexity index is 1300. The second-order valence-corrected chi connectivity index (χ2v) is 8.35. The summed E-state index contributed by atoms with van der Waals surface area (Å²) in [6.07, 6.45) is 15.9. The van der Waals surface area contributed by atoms with Crippen LogP contribution in [0.1, 0.15) is 63.4 Å². The molecule has 0 radical (unpaired) electrons. The summed E-state index contributed by atoms with van der Waals surface area (Å²) >= 11 is 0. The molecule has 0 atom stereocenters. The van der Waals surface area contributed by atoms with Gasteiger partial charge in [0.25, 0.3) is 5.91 Å². The van der Waals surface area contributed by atoms with Gasteiger partial charge in [-0.3, -0.25) is 9.36 Å². The molecule has 0 saturated carbocycles. The quantitative estimate of drug-likeness (QED) is 0.488. The van der Waals surface area contributed by atoms with Gasteiger partial charge in [0.1, 0.15) is 11.6 Å². The number of phenolic OH excluding ortho intramolecular Hbond substituents is 1. The average Bonchev–Trinajstić information content (AvgIpc) is 3.07. The number of carbonyl (C=O) groups excluding carboxylic acids is 1. The van der Waals surface area contributed by atoms with E-state index in [1.807, 2.05) is 58.1 Å². The summed E-state index contributed by atoms with van der Waals surface area (Å²) < 4.78 is 1.79. The highest BCUT2D eigenvalue weighted by Crippen LogP contribution is 2.22. The van der Waals surface area contributed by atoms with Gasteiger partial charge in [0.15, 0.2) is 0 Å². The number of nitrogens with zero attached hydrogens (tertiary/aromatic N) is 1. The Balaban J connectivity index is 2.94. The molecule has 1 aromatic carbocycles. The van der Waals surface area contributed by atoms with Crippen LogP contribution in [0.15, 0.2) is 65.3 Å². The fourth-order valence-corrected chi connectivity index (χ4v) is 3.71. The Labute approximate surface area is 202 Å². The van der Waals surface area contributed by atoms with Crippen LogP contribution in [0.2, 0.25) is 0 Å². The van der Waals surface area contributed by atoms with Crippen molar-refractivity contribution in [3.8, 4) is 11.4 Å². The van der Waals surface area contributed by atoms with Gasteiger partial charge in [-0.1, -0.05) is 61.9 Å². The van der Waals surface area contributed by atoms with Gasteiger partial charge in [-0.2, -0.15) is 0 Å². The summed E-state index contributed by atoms with van der Waals surface area (Å²) in [5.41, 5.74) is 17.6. The van der Waals surface area contributed by atoms with Crippen molar-refractivity contribution in [2.75, 3.05) is 5.73 Å². The van der Waals surface area contributed by atoms with Gasteiger partial charge in [0.05, 0.1) is 16.6 Å². The first-order valence-electron chi connectivity index (χ1n) is 11.6. The Morgan fingerprint density at radius 2 is 1.85 bits per heavy atom. The molecule has 0 aliphatic rings. The summed E-state index contributed by atoms with van der Waals surface area (Å²) in [6, 6.07) is 5.08. The van der Waals surface area contributed by atoms with Crippen LogP contribution in [-0.2, 0) is 0 Å². The summed E-state index contributed by atoms with van der Waals surface area (Å²) in [6.45, 7) is 12.2. The van der Waals surface area contributed by atoms with Crippen LogP contribution in [-0.4, -0.2) is 15.6 Å². The molecular weight excluding hydrogens is 422 g/mol. The maximum absolute atomic E-state index is 12.4. The van der Waals surface area contributed by atoms with Crippen LogP contribution in [0.25, 0.3) is 17.8 Å². The van der Waals surface area contributed by atoms with Gasteiger partial charge in [-0.05, 0) is 69.4 Å². The molecule has 1 amide bonds. The molecule has 1 aromatic heterocycles. The molecule has 0 aliphatic heterocycles. The fourth-order valence-electron chi connectivity index (χ4n) is 3.71. The molecule has 34 heavy (non-hydrogen) atoms. The first-order valence-corrected chi connectivity index (χ1v) is 11.6. The highest BCUT2D eigenvalue weighted by Gasteiger charge is 2.19. The van der Waals surface area contributed by atoms with Crippen LogP contribution in [0.4, 0.5) is 5.82 Å². The number of hydrogen-bond donors (Lipinski definition) is 3. The lowest BCUT2D eigenvalue weighted by Gasteiger charge is -2.11. The van der Waals surface area contributed by atoms with Gasteiger partial charge < -0.3 is 16.6 Å². The number of benzene rings is 1. The standard InChI is InChI=1S/C29H37N3O2/c1-7-10-22(15-12-19(4)9-3)20(5)14-17-25-24(11-8-2)27(29(31)34)28(30)32(25)26-18-23(33)16-13-21(26)6/h7,10-18,33H,8-9,30H2,1-6H3,(H2,31,34)/b10-7-,19-12+,20-14+,22-15+,24-11-,25-17+. The molecule has 5 heteroatoms. The number of nitrogen functional groups attached to an aromatic ring is 1. The zero-order valence-electron chi connectivity index (χ0n) is 21.1. The first kappa shape index (κ1) is 26.5. The minimum absolute atomic E-state index is 0.115. The molecule has 5 N–H and O–H groups in total. The third kappa shape index (κ3) is 5.98. The third-order valence-electron chi connectivity index (χ3n) is 5.77. The van der Waals surface area contributed by atoms with Crippen molar-refractivity contribution in [3.63, 3.8) is 0 Å². The molecule has 0 spiro atoms. The summed E-state index contributed by atoms with van der Waals surface area (Å²) in [7, 11) is 0. The van der Waals surface area contributed by atoms with Crippen molar-refractivity contribution < 1.29 is 9.90 Å². The van der Waals surface area contributed by atoms with Crippen LogP contribution in [0.3, 0.4) is 0 Å². The third-order valence-corrected chi connectivity index (χ3v) is 5.77. The predicted molar refractivity (Wildman–Crippen MR) is 144 cm³/mol. The van der Waals surface area contributed by atoms with E-state index in [1.165, 1.54) is 5.57 Å². The monoisotopic (exact) mass is 459 g/mol. The normalized spacial score (nSPS) is 14.5. The van der Waals surface area contributed by atoms with Crippen molar-refractivity contribution in [1.82, 2.24) is 4.57 Å². The Kier molecular flexibility index (Phi) is 9.31. The van der Waals surface area contributed by atoms with Crippen molar-refractivity contribution in [1.29, 1.82) is 0 Å². The molecule has 5 nitrogen and oxygen atoms in total. The molecule has 0 fully saturated rings. The number of hydrogen-bond acceptors (Lipinski definition) is 3. The maximum atomic E-state index is 12.4. The van der Waals surface area contributed by atoms with Crippen molar-refractivity contribution >= 4 is 23.9 Å². The lowest BCUT2D eigenvalue weighted by atomic mass is 10.0. The molecule has 0 saturated heterocycles. The molecule has 0 bridgehead atoms. The van der Waals surface area contributed by atoms with Crippen molar-refractivity contribution in [2.45, 2.75) is 54.4 Å². The second-order valence-electron chi connectivity index (χ2n) is 8.35. The fraction of sp³-hybridized carbons (Fsp3) is 0.276. The number of allylic oxidation sites excluding steroid dienone is 8. The zero-order valence-corrected chi connectivity index (χ0v) is 21.1. The zero-order chi connectivity index (χ0) is 25.4. The van der Waals surface area contributed by atoms with Crippen molar-refractivity contribution in [2.24, 2.45) is 5.73 Å². The number of anilines is 1. The highest BCUT2D eigenvalue weighted by atomic mass is 16.3. The van der Waals surface area contributed by atoms with Gasteiger partial charge in [-0.15, -0.1) is 0 Å². The Morgan fingerprint density at radius 3 is 2.44 bits per heavy atom. The second kappa shape index (κ2) is 11.9. The van der Waals surface area contributed by atoms with Gasteiger partial charge >= 0.3 is 0 Å². The molecule has 0 unspecified atom stereocenters. The first-order chi connectivity index (χ1) is 16.2. The van der Waals surface area contributed by atoms with E-state index in [1.54, 1.807) is 16.7 Å². The van der Waals surface area contributed by atoms with Gasteiger partial charge in [0.2, 0.25) is 0 Å². The minimum atomic E-state index is -0.584. The molecule has 0 aliphatic carbocycles. The summed E-state index contributed by atoms with van der Waals surface area (Å²) in [4.78, 5) is 12.4. The van der Waals surface area contributed by atoms with Crippen molar-refractivity contribution in [3.05, 3.63) is 87.0 Å². The van der Waals surface area contributed by atoms with Crippen LogP contribution in [0, 0.1) is 6.92 Å². The van der Waals surface area contributed by atoms with Crippen LogP contribution >= 0.6 is 0 Å². The van der Waals surface area contributed by atoms with E-state index < -0.39 is 5.91 Å². The number of aryl methyl sites for hydroxylation is 1. The maximum Gasteiger partial charge on any atom is 0.253 e. The molecule has 180 valence electrons. The molecular formula is C29H37N3O2. The smallest absolute Gasteiger partial charge is 0.253 e. The van der Waals surface area contributed by atoms with Crippen LogP contribution in [0.5, 0.6) is 5.75 Å². The van der Waals surface area contributed by atoms with Gasteiger partial charge in [-0.25, -0.2) is 0 Å². The number of rotatable bonds is 8. The number of nitrogens with two attached hydrogens (primary N) is 2. The van der Waals surface area contributed by atoms with E-state index in [-0.39, 0.29) is 17.1 Å².